The maximum Gasteiger partial charge on any atom is 0.501 e. The van der Waals surface area contributed by atoms with Gasteiger partial charge in [0.15, 0.2) is 0 Å². The van der Waals surface area contributed by atoms with Gasteiger partial charge < -0.3 is 15.2 Å². The molecule has 122 valence electrons. The molecular formula is C15H14F2N2O4. The largest absolute Gasteiger partial charge is 0.501 e. The Balaban J connectivity index is 3.04. The predicted molar refractivity (Wildman–Crippen MR) is 76.5 cm³/mol. The molecule has 0 unspecified atom stereocenters. The third-order valence-corrected chi connectivity index (χ3v) is 2.45. The van der Waals surface area contributed by atoms with Crippen LogP contribution >= 0.6 is 0 Å². The summed E-state index contributed by atoms with van der Waals surface area (Å²) in [5.41, 5.74) is 0.0139. The van der Waals surface area contributed by atoms with Crippen LogP contribution in [-0.4, -0.2) is 29.1 Å². The Morgan fingerprint density at radius 2 is 2.09 bits per heavy atom. The van der Waals surface area contributed by atoms with Gasteiger partial charge in [-0.15, -0.1) is 0 Å². The number of carboxylic acids is 1. The maximum atomic E-state index is 13.0. The van der Waals surface area contributed by atoms with E-state index in [1.807, 2.05) is 0 Å². The highest BCUT2D eigenvalue weighted by atomic mass is 19.3. The summed E-state index contributed by atoms with van der Waals surface area (Å²) >= 11 is 0. The van der Waals surface area contributed by atoms with E-state index in [2.05, 4.69) is 10.1 Å². The zero-order chi connectivity index (χ0) is 17.6. The number of nitrogens with one attached hydrogen (secondary N) is 1. The number of hydrogen-bond acceptors (Lipinski definition) is 4. The zero-order valence-electron chi connectivity index (χ0n) is 12.3. The Bertz CT molecular complexity index is 678. The number of halogens is 2. The first-order chi connectivity index (χ1) is 10.7. The van der Waals surface area contributed by atoms with Crippen molar-refractivity contribution in [2.45, 2.75) is 26.0 Å². The number of ether oxygens (including phenoxy) is 1. The number of carboxylic acid groups (broad SMARTS) is 1. The summed E-state index contributed by atoms with van der Waals surface area (Å²) in [6.45, 7) is 3.44. The second-order valence-corrected chi connectivity index (χ2v) is 4.79. The first-order valence-electron chi connectivity index (χ1n) is 6.48. The molecular weight excluding hydrogens is 310 g/mol. The summed E-state index contributed by atoms with van der Waals surface area (Å²) in [6.07, 6.45) is -3.20. The van der Waals surface area contributed by atoms with Crippen LogP contribution in [0.15, 0.2) is 29.8 Å². The minimum absolute atomic E-state index is 0.178. The van der Waals surface area contributed by atoms with E-state index in [9.17, 15) is 18.4 Å². The van der Waals surface area contributed by atoms with E-state index < -0.39 is 23.7 Å². The molecule has 0 spiro atoms. The van der Waals surface area contributed by atoms with Gasteiger partial charge in [0.2, 0.25) is 0 Å². The number of nitrogens with zero attached hydrogens (tertiary/aromatic N) is 1. The number of aliphatic carboxylic acids is 1. The molecule has 6 nitrogen and oxygen atoms in total. The van der Waals surface area contributed by atoms with Gasteiger partial charge in [-0.1, -0.05) is 12.1 Å². The number of carbonyl (C=O) groups excluding carboxylic acids is 1. The van der Waals surface area contributed by atoms with Gasteiger partial charge in [0.05, 0.1) is 0 Å². The van der Waals surface area contributed by atoms with Crippen molar-refractivity contribution in [2.75, 3.05) is 0 Å². The number of benzene rings is 1. The van der Waals surface area contributed by atoms with Gasteiger partial charge in [0.1, 0.15) is 17.4 Å². The van der Waals surface area contributed by atoms with Crippen molar-refractivity contribution in [1.29, 1.82) is 5.26 Å². The van der Waals surface area contributed by atoms with Crippen molar-refractivity contribution in [2.24, 2.45) is 0 Å². The predicted octanol–water partition coefficient (Wildman–Crippen LogP) is 2.17. The molecule has 0 radical (unpaired) electrons. The highest BCUT2D eigenvalue weighted by molar-refractivity contribution is 6.01. The highest BCUT2D eigenvalue weighted by Crippen LogP contribution is 2.23. The number of hydrogen-bond donors (Lipinski definition) is 2. The van der Waals surface area contributed by atoms with E-state index in [1.165, 1.54) is 18.2 Å². The molecule has 0 saturated carbocycles. The van der Waals surface area contributed by atoms with Crippen molar-refractivity contribution >= 4 is 18.0 Å². The van der Waals surface area contributed by atoms with Crippen LogP contribution in [0.2, 0.25) is 0 Å². The molecule has 0 aliphatic heterocycles. The van der Waals surface area contributed by atoms with E-state index in [0.29, 0.717) is 0 Å². The number of carbonyl (C=O) groups is 2. The molecule has 1 rings (SSSR count). The number of nitriles is 1. The van der Waals surface area contributed by atoms with E-state index in [-0.39, 0.29) is 17.2 Å². The smallest absolute Gasteiger partial charge is 0.474 e. The van der Waals surface area contributed by atoms with Crippen molar-refractivity contribution in [3.8, 4) is 11.8 Å². The minimum Gasteiger partial charge on any atom is -0.474 e. The third kappa shape index (κ3) is 5.39. The summed E-state index contributed by atoms with van der Waals surface area (Å²) in [5.74, 6) is -3.44. The molecule has 0 heterocycles. The van der Waals surface area contributed by atoms with Crippen LogP contribution in [0.25, 0.3) is 6.08 Å². The molecule has 0 aromatic heterocycles. The second-order valence-electron chi connectivity index (χ2n) is 4.79. The van der Waals surface area contributed by atoms with Gasteiger partial charge in [0, 0.05) is 6.04 Å². The van der Waals surface area contributed by atoms with Gasteiger partial charge in [-0.25, -0.2) is 4.79 Å². The van der Waals surface area contributed by atoms with Crippen LogP contribution < -0.4 is 10.1 Å². The van der Waals surface area contributed by atoms with Gasteiger partial charge >= 0.3 is 12.1 Å². The third-order valence-electron chi connectivity index (χ3n) is 2.45. The Hall–Kier alpha value is -2.95. The van der Waals surface area contributed by atoms with Gasteiger partial charge in [-0.2, -0.15) is 14.0 Å². The average molecular weight is 324 g/mol. The Kier molecular flexibility index (Phi) is 5.79. The number of amides is 1. The fraction of sp³-hybridized carbons (Fsp3) is 0.267. The molecule has 0 atom stereocenters. The second kappa shape index (κ2) is 7.35. The van der Waals surface area contributed by atoms with Crippen LogP contribution in [0, 0.1) is 11.3 Å². The summed E-state index contributed by atoms with van der Waals surface area (Å²) in [5, 5.41) is 19.8. The molecule has 0 bridgehead atoms. The molecule has 2 N–H and O–H groups in total. The van der Waals surface area contributed by atoms with E-state index >= 15 is 0 Å². The monoisotopic (exact) mass is 324 g/mol. The van der Waals surface area contributed by atoms with Crippen LogP contribution in [0.3, 0.4) is 0 Å². The lowest BCUT2D eigenvalue weighted by Crippen LogP contribution is -2.34. The Labute approximate surface area is 131 Å². The molecule has 1 aromatic rings. The van der Waals surface area contributed by atoms with Crippen LogP contribution in [0.1, 0.15) is 19.4 Å². The topological polar surface area (TPSA) is 99.4 Å². The van der Waals surface area contributed by atoms with Crippen molar-refractivity contribution in [1.82, 2.24) is 5.32 Å². The molecule has 23 heavy (non-hydrogen) atoms. The zero-order valence-corrected chi connectivity index (χ0v) is 12.3. The lowest BCUT2D eigenvalue weighted by Gasteiger charge is -2.13. The fourth-order valence-electron chi connectivity index (χ4n) is 1.51. The summed E-state index contributed by atoms with van der Waals surface area (Å²) in [7, 11) is 0. The number of alkyl halides is 2. The SMILES string of the molecule is CC(C)NC(=O)/C(C#N)=C\c1cccc(OC(F)(F)C(=O)O)c1. The normalized spacial score (nSPS) is 11.7. The number of rotatable bonds is 6. The molecule has 0 saturated heterocycles. The summed E-state index contributed by atoms with van der Waals surface area (Å²) in [6, 6.07) is 6.54. The molecule has 0 aliphatic rings. The first-order valence-corrected chi connectivity index (χ1v) is 6.48. The van der Waals surface area contributed by atoms with Crippen molar-refractivity contribution in [3.63, 3.8) is 0 Å². The first kappa shape index (κ1) is 18.1. The maximum absolute atomic E-state index is 13.0. The van der Waals surface area contributed by atoms with Gasteiger partial charge in [-0.3, -0.25) is 4.79 Å². The Morgan fingerprint density at radius 3 is 2.61 bits per heavy atom. The molecule has 1 aromatic carbocycles. The van der Waals surface area contributed by atoms with Crippen LogP contribution in [0.4, 0.5) is 8.78 Å². The molecule has 1 amide bonds. The van der Waals surface area contributed by atoms with Gasteiger partial charge in [-0.05, 0) is 37.6 Å². The molecule has 0 aliphatic carbocycles. The van der Waals surface area contributed by atoms with Crippen LogP contribution in [-0.2, 0) is 9.59 Å². The van der Waals surface area contributed by atoms with Gasteiger partial charge in [0.25, 0.3) is 5.91 Å². The van der Waals surface area contributed by atoms with E-state index in [0.717, 1.165) is 12.1 Å². The Morgan fingerprint density at radius 1 is 1.43 bits per heavy atom. The molecule has 0 fully saturated rings. The van der Waals surface area contributed by atoms with Crippen molar-refractivity contribution in [3.05, 3.63) is 35.4 Å². The summed E-state index contributed by atoms with van der Waals surface area (Å²) < 4.78 is 30.1. The molecule has 8 heteroatoms. The summed E-state index contributed by atoms with van der Waals surface area (Å²) in [4.78, 5) is 22.1. The van der Waals surface area contributed by atoms with E-state index in [4.69, 9.17) is 10.4 Å². The standard InChI is InChI=1S/C15H14F2N2O4/c1-9(2)19-13(20)11(8-18)6-10-4-3-5-12(7-10)23-15(16,17)14(21)22/h3-7,9H,1-2H3,(H,19,20)(H,21,22)/b11-6-. The van der Waals surface area contributed by atoms with Crippen LogP contribution in [0.5, 0.6) is 5.75 Å². The quantitative estimate of drug-likeness (QED) is 0.617. The van der Waals surface area contributed by atoms with Crippen molar-refractivity contribution < 1.29 is 28.2 Å². The lowest BCUT2D eigenvalue weighted by molar-refractivity contribution is -0.210. The highest BCUT2D eigenvalue weighted by Gasteiger charge is 2.42. The lowest BCUT2D eigenvalue weighted by atomic mass is 10.1. The van der Waals surface area contributed by atoms with E-state index in [1.54, 1.807) is 19.9 Å². The average Bonchev–Trinajstić information content (AvgIpc) is 2.43. The fourth-order valence-corrected chi connectivity index (χ4v) is 1.51. The minimum atomic E-state index is -4.38.